The molecule has 0 saturated carbocycles. The molecule has 0 saturated heterocycles. The van der Waals surface area contributed by atoms with Crippen molar-refractivity contribution in [3.8, 4) is 0 Å². The summed E-state index contributed by atoms with van der Waals surface area (Å²) in [4.78, 5) is 11.9. The Morgan fingerprint density at radius 3 is 2.61 bits per heavy atom. The van der Waals surface area contributed by atoms with Gasteiger partial charge < -0.3 is 10.1 Å². The fraction of sp³-hybridized carbons (Fsp3) is 0.435. The summed E-state index contributed by atoms with van der Waals surface area (Å²) in [6, 6.07) is 14.5. The van der Waals surface area contributed by atoms with Crippen LogP contribution in [-0.4, -0.2) is 18.2 Å². The zero-order valence-corrected chi connectivity index (χ0v) is 18.1. The summed E-state index contributed by atoms with van der Waals surface area (Å²) >= 11 is 12.4. The highest BCUT2D eigenvalue weighted by atomic mass is 35.5. The highest BCUT2D eigenvalue weighted by Gasteiger charge is 2.28. The molecule has 0 fully saturated rings. The van der Waals surface area contributed by atoms with Gasteiger partial charge in [0.1, 0.15) is 5.60 Å². The molecule has 2 aromatic rings. The molecule has 1 amide bonds. The van der Waals surface area contributed by atoms with E-state index in [1.807, 2.05) is 32.9 Å². The number of rotatable bonds is 4. The van der Waals surface area contributed by atoms with Gasteiger partial charge >= 0.3 is 6.09 Å². The molecule has 5 heteroatoms. The van der Waals surface area contributed by atoms with Crippen LogP contribution in [0.3, 0.4) is 0 Å². The molecule has 3 rings (SSSR count). The molecule has 0 aliphatic heterocycles. The predicted octanol–water partition coefficient (Wildman–Crippen LogP) is 6.60. The van der Waals surface area contributed by atoms with Crippen LogP contribution in [0, 0.1) is 5.92 Å². The number of halogens is 2. The zero-order valence-electron chi connectivity index (χ0n) is 16.6. The number of nitrogens with one attached hydrogen (secondary N) is 1. The fourth-order valence-corrected chi connectivity index (χ4v) is 4.18. The highest BCUT2D eigenvalue weighted by Crippen LogP contribution is 2.41. The van der Waals surface area contributed by atoms with Crippen LogP contribution in [0.25, 0.3) is 0 Å². The number of carbonyl (C=O) groups is 1. The molecule has 28 heavy (non-hydrogen) atoms. The molecule has 2 aromatic carbocycles. The molecule has 1 aliphatic rings. The minimum atomic E-state index is -0.479. The maximum Gasteiger partial charge on any atom is 0.407 e. The maximum atomic E-state index is 11.9. The molecule has 2 atom stereocenters. The quantitative estimate of drug-likeness (QED) is 0.605. The van der Waals surface area contributed by atoms with Gasteiger partial charge in [-0.2, -0.15) is 0 Å². The number of benzene rings is 2. The Hall–Kier alpha value is -1.71. The largest absolute Gasteiger partial charge is 0.444 e. The molecule has 0 radical (unpaired) electrons. The number of carbonyl (C=O) groups excluding carboxylic acids is 1. The van der Waals surface area contributed by atoms with Gasteiger partial charge in [0, 0.05) is 12.5 Å². The Kier molecular flexibility index (Phi) is 6.57. The summed E-state index contributed by atoms with van der Waals surface area (Å²) < 4.78 is 5.32. The van der Waals surface area contributed by atoms with E-state index in [2.05, 4.69) is 35.6 Å². The van der Waals surface area contributed by atoms with Crippen molar-refractivity contribution in [2.24, 2.45) is 5.92 Å². The lowest BCUT2D eigenvalue weighted by molar-refractivity contribution is 0.0524. The number of hydrogen-bond donors (Lipinski definition) is 1. The van der Waals surface area contributed by atoms with Gasteiger partial charge in [-0.1, -0.05) is 53.5 Å². The van der Waals surface area contributed by atoms with E-state index in [9.17, 15) is 4.79 Å². The summed E-state index contributed by atoms with van der Waals surface area (Å²) in [5, 5.41) is 4.05. The first kappa shape index (κ1) is 21.0. The second-order valence-corrected chi connectivity index (χ2v) is 9.26. The molecule has 2 unspecified atom stereocenters. The van der Waals surface area contributed by atoms with Gasteiger partial charge in [0.25, 0.3) is 0 Å². The Balaban J connectivity index is 1.70. The van der Waals surface area contributed by atoms with Crippen molar-refractivity contribution in [2.45, 2.75) is 51.6 Å². The van der Waals surface area contributed by atoms with Gasteiger partial charge in [0.15, 0.2) is 0 Å². The minimum Gasteiger partial charge on any atom is -0.444 e. The van der Waals surface area contributed by atoms with Gasteiger partial charge in [-0.05, 0) is 74.8 Å². The van der Waals surface area contributed by atoms with Crippen LogP contribution in [0.1, 0.15) is 56.2 Å². The molecule has 1 aliphatic carbocycles. The van der Waals surface area contributed by atoms with E-state index in [0.29, 0.717) is 22.5 Å². The zero-order chi connectivity index (χ0) is 20.3. The molecule has 0 spiro atoms. The third kappa shape index (κ3) is 5.42. The number of amides is 1. The molecule has 150 valence electrons. The lowest BCUT2D eigenvalue weighted by atomic mass is 9.73. The van der Waals surface area contributed by atoms with Gasteiger partial charge in [-0.3, -0.25) is 0 Å². The predicted molar refractivity (Wildman–Crippen MR) is 115 cm³/mol. The van der Waals surface area contributed by atoms with Crippen molar-refractivity contribution in [1.29, 1.82) is 0 Å². The fourth-order valence-electron chi connectivity index (χ4n) is 3.87. The molecule has 1 N–H and O–H groups in total. The van der Waals surface area contributed by atoms with Crippen molar-refractivity contribution < 1.29 is 9.53 Å². The van der Waals surface area contributed by atoms with Crippen molar-refractivity contribution in [3.63, 3.8) is 0 Å². The minimum absolute atomic E-state index is 0.284. The average molecular weight is 420 g/mol. The second kappa shape index (κ2) is 8.75. The number of hydrogen-bond acceptors (Lipinski definition) is 2. The summed E-state index contributed by atoms with van der Waals surface area (Å²) in [6.45, 7) is 6.21. The lowest BCUT2D eigenvalue weighted by Gasteiger charge is -2.32. The van der Waals surface area contributed by atoms with Crippen LogP contribution in [-0.2, 0) is 11.2 Å². The number of alkyl carbamates (subject to hydrolysis) is 1. The summed E-state index contributed by atoms with van der Waals surface area (Å²) in [6.07, 6.45) is 2.59. The van der Waals surface area contributed by atoms with Gasteiger partial charge in [-0.15, -0.1) is 0 Å². The normalized spacial score (nSPS) is 19.0. The van der Waals surface area contributed by atoms with E-state index in [1.165, 1.54) is 16.7 Å². The van der Waals surface area contributed by atoms with Gasteiger partial charge in [0.05, 0.1) is 10.0 Å². The molecule has 0 heterocycles. The van der Waals surface area contributed by atoms with Crippen LogP contribution in [0.2, 0.25) is 10.0 Å². The van der Waals surface area contributed by atoms with Gasteiger partial charge in [0.2, 0.25) is 0 Å². The molecule has 0 bridgehead atoms. The van der Waals surface area contributed by atoms with Crippen LogP contribution < -0.4 is 5.32 Å². The monoisotopic (exact) mass is 419 g/mol. The summed E-state index contributed by atoms with van der Waals surface area (Å²) in [5.74, 6) is 0.760. The Labute approximate surface area is 177 Å². The Bertz CT molecular complexity index is 845. The van der Waals surface area contributed by atoms with Crippen LogP contribution in [0.4, 0.5) is 4.79 Å². The first-order valence-corrected chi connectivity index (χ1v) is 10.5. The highest BCUT2D eigenvalue weighted by molar-refractivity contribution is 6.42. The third-order valence-electron chi connectivity index (χ3n) is 5.07. The molecular formula is C23H27Cl2NO2. The second-order valence-electron chi connectivity index (χ2n) is 8.45. The van der Waals surface area contributed by atoms with E-state index < -0.39 is 5.60 Å². The maximum absolute atomic E-state index is 11.9. The lowest BCUT2D eigenvalue weighted by Crippen LogP contribution is -2.34. The topological polar surface area (TPSA) is 38.3 Å². The van der Waals surface area contributed by atoms with E-state index in [0.717, 1.165) is 19.3 Å². The Morgan fingerprint density at radius 1 is 1.14 bits per heavy atom. The van der Waals surface area contributed by atoms with Crippen molar-refractivity contribution in [1.82, 2.24) is 5.32 Å². The number of fused-ring (bicyclic) bond motifs is 1. The van der Waals surface area contributed by atoms with Crippen LogP contribution in [0.5, 0.6) is 0 Å². The molecular weight excluding hydrogens is 393 g/mol. The van der Waals surface area contributed by atoms with Crippen molar-refractivity contribution >= 4 is 29.3 Å². The SMILES string of the molecule is CC(C)(C)OC(=O)NCCC1Cc2ccccc2C(c2ccc(Cl)c(Cl)c2)C1. The van der Waals surface area contributed by atoms with E-state index in [-0.39, 0.29) is 12.0 Å². The molecule has 0 aromatic heterocycles. The van der Waals surface area contributed by atoms with E-state index >= 15 is 0 Å². The van der Waals surface area contributed by atoms with Crippen LogP contribution in [0.15, 0.2) is 42.5 Å². The number of ether oxygens (including phenoxy) is 1. The first-order chi connectivity index (χ1) is 13.2. The van der Waals surface area contributed by atoms with E-state index in [1.54, 1.807) is 0 Å². The first-order valence-electron chi connectivity index (χ1n) is 9.72. The average Bonchev–Trinajstić information content (AvgIpc) is 2.62. The van der Waals surface area contributed by atoms with Gasteiger partial charge in [-0.25, -0.2) is 4.79 Å². The standard InChI is InChI=1S/C23H27Cl2NO2/c1-23(2,3)28-22(27)26-11-10-15-12-16-6-4-5-7-18(16)19(13-15)17-8-9-20(24)21(25)14-17/h4-9,14-15,19H,10-13H2,1-3H3,(H,26,27). The van der Waals surface area contributed by atoms with Crippen molar-refractivity contribution in [2.75, 3.05) is 6.54 Å². The molecule has 3 nitrogen and oxygen atoms in total. The van der Waals surface area contributed by atoms with Crippen LogP contribution >= 0.6 is 23.2 Å². The van der Waals surface area contributed by atoms with E-state index in [4.69, 9.17) is 27.9 Å². The summed E-state index contributed by atoms with van der Waals surface area (Å²) in [7, 11) is 0. The smallest absolute Gasteiger partial charge is 0.407 e. The van der Waals surface area contributed by atoms with Crippen molar-refractivity contribution in [3.05, 3.63) is 69.2 Å². The Morgan fingerprint density at radius 2 is 1.89 bits per heavy atom. The third-order valence-corrected chi connectivity index (χ3v) is 5.81. The summed E-state index contributed by atoms with van der Waals surface area (Å²) in [5.41, 5.74) is 3.43.